The minimum absolute atomic E-state index is 0.153. The van der Waals surface area contributed by atoms with Crippen molar-refractivity contribution in [1.82, 2.24) is 5.32 Å². The Balaban J connectivity index is 2.39. The Morgan fingerprint density at radius 2 is 2.27 bits per heavy atom. The van der Waals surface area contributed by atoms with E-state index >= 15 is 0 Å². The van der Waals surface area contributed by atoms with Gasteiger partial charge in [-0.2, -0.15) is 0 Å². The smallest absolute Gasteiger partial charge is 0.222 e. The molecule has 3 N–H and O–H groups in total. The van der Waals surface area contributed by atoms with Crippen molar-refractivity contribution in [2.75, 3.05) is 7.05 Å². The lowest BCUT2D eigenvalue weighted by Crippen LogP contribution is -2.36. The third kappa shape index (κ3) is 2.19. The molecule has 0 unspecified atom stereocenters. The third-order valence-electron chi connectivity index (χ3n) is 2.33. The third-order valence-corrected chi connectivity index (χ3v) is 2.33. The zero-order valence-corrected chi connectivity index (χ0v) is 6.97. The first kappa shape index (κ1) is 8.53. The van der Waals surface area contributed by atoms with Gasteiger partial charge in [0.05, 0.1) is 0 Å². The van der Waals surface area contributed by atoms with Gasteiger partial charge in [-0.05, 0) is 19.3 Å². The number of carbonyl (C=O) groups excluding carboxylic acids is 1. The second-order valence-electron chi connectivity index (χ2n) is 3.24. The molecule has 0 heterocycles. The van der Waals surface area contributed by atoms with Gasteiger partial charge in [0.2, 0.25) is 5.91 Å². The zero-order chi connectivity index (χ0) is 8.27. The summed E-state index contributed by atoms with van der Waals surface area (Å²) in [4.78, 5) is 11.1. The standard InChI is InChI=1S/C8H16N2O/c1-10-8(11)6-3-2-4-7(9)5-6/h6-7H,2-5,9H2,1H3,(H,10,11)/t6-,7-/m0/s1. The van der Waals surface area contributed by atoms with E-state index in [4.69, 9.17) is 5.73 Å². The van der Waals surface area contributed by atoms with Crippen molar-refractivity contribution in [2.45, 2.75) is 31.7 Å². The molecule has 3 nitrogen and oxygen atoms in total. The van der Waals surface area contributed by atoms with Gasteiger partial charge in [0, 0.05) is 19.0 Å². The minimum Gasteiger partial charge on any atom is -0.359 e. The maximum absolute atomic E-state index is 11.1. The van der Waals surface area contributed by atoms with Gasteiger partial charge >= 0.3 is 0 Å². The molecule has 11 heavy (non-hydrogen) atoms. The van der Waals surface area contributed by atoms with E-state index < -0.39 is 0 Å². The monoisotopic (exact) mass is 156 g/mol. The molecule has 64 valence electrons. The molecule has 0 aromatic carbocycles. The Labute approximate surface area is 67.3 Å². The Bertz CT molecular complexity index is 147. The van der Waals surface area contributed by atoms with Gasteiger partial charge in [0.25, 0.3) is 0 Å². The van der Waals surface area contributed by atoms with Gasteiger partial charge in [0.15, 0.2) is 0 Å². The van der Waals surface area contributed by atoms with Crippen LogP contribution in [0.3, 0.4) is 0 Å². The highest BCUT2D eigenvalue weighted by Crippen LogP contribution is 2.22. The van der Waals surface area contributed by atoms with Crippen LogP contribution in [-0.4, -0.2) is 19.0 Å². The van der Waals surface area contributed by atoms with Crippen molar-refractivity contribution >= 4 is 5.91 Å². The quantitative estimate of drug-likeness (QED) is 0.571. The van der Waals surface area contributed by atoms with Crippen LogP contribution in [0.5, 0.6) is 0 Å². The minimum atomic E-state index is 0.153. The molecule has 0 aromatic rings. The highest BCUT2D eigenvalue weighted by atomic mass is 16.1. The Morgan fingerprint density at radius 3 is 2.82 bits per heavy atom. The average molecular weight is 156 g/mol. The molecule has 1 rings (SSSR count). The predicted molar refractivity (Wildman–Crippen MR) is 44.0 cm³/mol. The fraction of sp³-hybridized carbons (Fsp3) is 0.875. The van der Waals surface area contributed by atoms with E-state index in [1.165, 1.54) is 0 Å². The normalized spacial score (nSPS) is 31.5. The van der Waals surface area contributed by atoms with E-state index in [0.29, 0.717) is 0 Å². The van der Waals surface area contributed by atoms with Crippen molar-refractivity contribution in [3.8, 4) is 0 Å². The van der Waals surface area contributed by atoms with E-state index in [9.17, 15) is 4.79 Å². The highest BCUT2D eigenvalue weighted by molar-refractivity contribution is 5.78. The summed E-state index contributed by atoms with van der Waals surface area (Å²) in [6.45, 7) is 0. The topological polar surface area (TPSA) is 55.1 Å². The van der Waals surface area contributed by atoms with Crippen molar-refractivity contribution in [1.29, 1.82) is 0 Å². The number of nitrogens with one attached hydrogen (secondary N) is 1. The molecule has 1 aliphatic carbocycles. The van der Waals surface area contributed by atoms with Crippen molar-refractivity contribution in [3.63, 3.8) is 0 Å². The maximum atomic E-state index is 11.1. The Hall–Kier alpha value is -0.570. The van der Waals surface area contributed by atoms with E-state index in [0.717, 1.165) is 25.7 Å². The molecule has 2 atom stereocenters. The highest BCUT2D eigenvalue weighted by Gasteiger charge is 2.23. The van der Waals surface area contributed by atoms with Crippen LogP contribution >= 0.6 is 0 Å². The molecular formula is C8H16N2O. The summed E-state index contributed by atoms with van der Waals surface area (Å²) in [5.74, 6) is 0.323. The number of amides is 1. The van der Waals surface area contributed by atoms with E-state index in [1.54, 1.807) is 7.05 Å². The van der Waals surface area contributed by atoms with Crippen LogP contribution in [0.25, 0.3) is 0 Å². The van der Waals surface area contributed by atoms with Crippen LogP contribution in [0.15, 0.2) is 0 Å². The fourth-order valence-electron chi connectivity index (χ4n) is 1.67. The van der Waals surface area contributed by atoms with Gasteiger partial charge in [0.1, 0.15) is 0 Å². The van der Waals surface area contributed by atoms with Crippen molar-refractivity contribution in [2.24, 2.45) is 11.7 Å². The van der Waals surface area contributed by atoms with Crippen LogP contribution in [0.1, 0.15) is 25.7 Å². The Kier molecular flexibility index (Phi) is 2.88. The van der Waals surface area contributed by atoms with Crippen LogP contribution in [0.4, 0.5) is 0 Å². The lowest BCUT2D eigenvalue weighted by Gasteiger charge is -2.24. The first-order valence-corrected chi connectivity index (χ1v) is 4.21. The molecule has 0 bridgehead atoms. The first-order chi connectivity index (χ1) is 5.24. The summed E-state index contributed by atoms with van der Waals surface area (Å²) < 4.78 is 0. The zero-order valence-electron chi connectivity index (χ0n) is 6.97. The fourth-order valence-corrected chi connectivity index (χ4v) is 1.67. The lowest BCUT2D eigenvalue weighted by molar-refractivity contribution is -0.125. The van der Waals surface area contributed by atoms with E-state index in [-0.39, 0.29) is 17.9 Å². The molecule has 0 saturated heterocycles. The van der Waals surface area contributed by atoms with Gasteiger partial charge < -0.3 is 11.1 Å². The molecule has 0 aromatic heterocycles. The molecule has 1 saturated carbocycles. The predicted octanol–water partition coefficient (Wildman–Crippen LogP) is 0.250. The molecule has 1 amide bonds. The van der Waals surface area contributed by atoms with Crippen LogP contribution in [0.2, 0.25) is 0 Å². The summed E-state index contributed by atoms with van der Waals surface area (Å²) in [7, 11) is 1.68. The van der Waals surface area contributed by atoms with E-state index in [1.807, 2.05) is 0 Å². The molecule has 1 fully saturated rings. The van der Waals surface area contributed by atoms with Crippen LogP contribution in [0, 0.1) is 5.92 Å². The molecular weight excluding hydrogens is 140 g/mol. The van der Waals surface area contributed by atoms with Crippen molar-refractivity contribution in [3.05, 3.63) is 0 Å². The molecule has 0 radical (unpaired) electrons. The SMILES string of the molecule is CNC(=O)[C@H]1CCC[C@H](N)C1. The summed E-state index contributed by atoms with van der Waals surface area (Å²) in [5, 5.41) is 2.66. The molecule has 0 spiro atoms. The van der Waals surface area contributed by atoms with Crippen molar-refractivity contribution < 1.29 is 4.79 Å². The summed E-state index contributed by atoms with van der Waals surface area (Å²) >= 11 is 0. The second-order valence-corrected chi connectivity index (χ2v) is 3.24. The van der Waals surface area contributed by atoms with E-state index in [2.05, 4.69) is 5.32 Å². The largest absolute Gasteiger partial charge is 0.359 e. The Morgan fingerprint density at radius 1 is 1.55 bits per heavy atom. The molecule has 1 aliphatic rings. The van der Waals surface area contributed by atoms with Crippen LogP contribution < -0.4 is 11.1 Å². The second kappa shape index (κ2) is 3.72. The molecule has 0 aliphatic heterocycles. The average Bonchev–Trinajstić information content (AvgIpc) is 2.03. The summed E-state index contributed by atoms with van der Waals surface area (Å²) in [6.07, 6.45) is 4.04. The maximum Gasteiger partial charge on any atom is 0.222 e. The number of hydrogen-bond donors (Lipinski definition) is 2. The van der Waals surface area contributed by atoms with Gasteiger partial charge in [-0.25, -0.2) is 0 Å². The van der Waals surface area contributed by atoms with Gasteiger partial charge in [-0.1, -0.05) is 6.42 Å². The number of rotatable bonds is 1. The van der Waals surface area contributed by atoms with Gasteiger partial charge in [-0.15, -0.1) is 0 Å². The number of carbonyl (C=O) groups is 1. The lowest BCUT2D eigenvalue weighted by atomic mass is 9.86. The van der Waals surface area contributed by atoms with Gasteiger partial charge in [-0.3, -0.25) is 4.79 Å². The summed E-state index contributed by atoms with van der Waals surface area (Å²) in [6, 6.07) is 0.242. The number of hydrogen-bond acceptors (Lipinski definition) is 2. The number of nitrogens with two attached hydrogens (primary N) is 1. The first-order valence-electron chi connectivity index (χ1n) is 4.21. The van der Waals surface area contributed by atoms with Crippen LogP contribution in [-0.2, 0) is 4.79 Å². The molecule has 3 heteroatoms. The summed E-state index contributed by atoms with van der Waals surface area (Å²) in [5.41, 5.74) is 5.74.